The van der Waals surface area contributed by atoms with Crippen LogP contribution in [0.5, 0.6) is 0 Å². The van der Waals surface area contributed by atoms with Crippen molar-refractivity contribution in [2.75, 3.05) is 6.54 Å². The van der Waals surface area contributed by atoms with Gasteiger partial charge in [-0.3, -0.25) is 5.32 Å². The zero-order chi connectivity index (χ0) is 11.6. The van der Waals surface area contributed by atoms with E-state index in [-0.39, 0.29) is 12.2 Å². The van der Waals surface area contributed by atoms with Gasteiger partial charge in [0, 0.05) is 0 Å². The van der Waals surface area contributed by atoms with E-state index in [9.17, 15) is 13.2 Å². The second kappa shape index (κ2) is 4.13. The highest BCUT2D eigenvalue weighted by Gasteiger charge is 2.57. The number of furan rings is 1. The molecule has 0 amide bonds. The van der Waals surface area contributed by atoms with Gasteiger partial charge < -0.3 is 4.42 Å². The monoisotopic (exact) mass is 233 g/mol. The van der Waals surface area contributed by atoms with E-state index in [2.05, 4.69) is 5.32 Å². The molecule has 2 rings (SSSR count). The number of hydrogen-bond donors (Lipinski definition) is 1. The van der Waals surface area contributed by atoms with Crippen molar-refractivity contribution in [1.82, 2.24) is 5.32 Å². The number of alkyl halides is 3. The van der Waals surface area contributed by atoms with Crippen LogP contribution in [0.15, 0.2) is 22.8 Å². The van der Waals surface area contributed by atoms with Crippen LogP contribution in [0.25, 0.3) is 0 Å². The Kier molecular flexibility index (Phi) is 2.97. The summed E-state index contributed by atoms with van der Waals surface area (Å²) in [6, 6.07) is 2.89. The SMILES string of the molecule is FC(F)(F)C1(c2ccco2)CCCCCN1. The van der Waals surface area contributed by atoms with Gasteiger partial charge in [-0.05, 0) is 31.5 Å². The minimum atomic E-state index is -4.32. The largest absolute Gasteiger partial charge is 0.467 e. The van der Waals surface area contributed by atoms with E-state index in [4.69, 9.17) is 4.42 Å². The van der Waals surface area contributed by atoms with Crippen LogP contribution in [0.4, 0.5) is 13.2 Å². The summed E-state index contributed by atoms with van der Waals surface area (Å²) in [6.45, 7) is 0.375. The maximum absolute atomic E-state index is 13.2. The summed E-state index contributed by atoms with van der Waals surface area (Å²) >= 11 is 0. The molecule has 16 heavy (non-hydrogen) atoms. The Morgan fingerprint density at radius 2 is 2.06 bits per heavy atom. The Labute approximate surface area is 91.8 Å². The van der Waals surface area contributed by atoms with Gasteiger partial charge in [-0.25, -0.2) is 0 Å². The molecule has 0 saturated carbocycles. The van der Waals surface area contributed by atoms with Crippen molar-refractivity contribution in [2.45, 2.75) is 37.4 Å². The first-order valence-corrected chi connectivity index (χ1v) is 5.42. The Balaban J connectivity index is 2.39. The fourth-order valence-corrected chi connectivity index (χ4v) is 2.20. The number of halogens is 3. The summed E-state index contributed by atoms with van der Waals surface area (Å²) in [6.07, 6.45) is -0.827. The van der Waals surface area contributed by atoms with E-state index in [0.717, 1.165) is 12.8 Å². The normalized spacial score (nSPS) is 27.7. The van der Waals surface area contributed by atoms with Crippen molar-refractivity contribution < 1.29 is 17.6 Å². The average molecular weight is 233 g/mol. The Hall–Kier alpha value is -0.970. The second-order valence-electron chi connectivity index (χ2n) is 4.12. The lowest BCUT2D eigenvalue weighted by atomic mass is 9.90. The molecule has 0 radical (unpaired) electrons. The topological polar surface area (TPSA) is 25.2 Å². The molecule has 2 heterocycles. The van der Waals surface area contributed by atoms with Gasteiger partial charge in [0.15, 0.2) is 5.54 Å². The highest BCUT2D eigenvalue weighted by Crippen LogP contribution is 2.43. The fraction of sp³-hybridized carbons (Fsp3) is 0.636. The van der Waals surface area contributed by atoms with Crippen LogP contribution < -0.4 is 5.32 Å². The lowest BCUT2D eigenvalue weighted by molar-refractivity contribution is -0.207. The molecule has 0 aromatic carbocycles. The molecule has 0 spiro atoms. The molecule has 1 fully saturated rings. The highest BCUT2D eigenvalue weighted by atomic mass is 19.4. The molecule has 1 aromatic heterocycles. The van der Waals surface area contributed by atoms with E-state index < -0.39 is 11.7 Å². The van der Waals surface area contributed by atoms with Crippen molar-refractivity contribution in [3.8, 4) is 0 Å². The molecule has 1 atom stereocenters. The molecular weight excluding hydrogens is 219 g/mol. The third-order valence-electron chi connectivity index (χ3n) is 3.08. The minimum absolute atomic E-state index is 0.0260. The molecule has 5 heteroatoms. The third kappa shape index (κ3) is 1.84. The van der Waals surface area contributed by atoms with Gasteiger partial charge >= 0.3 is 6.18 Å². The quantitative estimate of drug-likeness (QED) is 0.805. The van der Waals surface area contributed by atoms with Crippen LogP contribution >= 0.6 is 0 Å². The summed E-state index contributed by atoms with van der Waals surface area (Å²) in [5.41, 5.74) is -1.99. The maximum atomic E-state index is 13.2. The van der Waals surface area contributed by atoms with Crippen molar-refractivity contribution in [2.24, 2.45) is 0 Å². The second-order valence-corrected chi connectivity index (χ2v) is 4.12. The Bertz CT molecular complexity index is 323. The van der Waals surface area contributed by atoms with E-state index in [0.29, 0.717) is 13.0 Å². The number of nitrogens with one attached hydrogen (secondary N) is 1. The first-order chi connectivity index (χ1) is 7.56. The van der Waals surface area contributed by atoms with Gasteiger partial charge in [-0.1, -0.05) is 12.8 Å². The predicted octanol–water partition coefficient (Wildman–Crippen LogP) is 3.20. The summed E-state index contributed by atoms with van der Waals surface area (Å²) < 4.78 is 44.6. The van der Waals surface area contributed by atoms with Gasteiger partial charge in [0.1, 0.15) is 5.76 Å². The lowest BCUT2D eigenvalue weighted by Gasteiger charge is -2.33. The van der Waals surface area contributed by atoms with Crippen molar-refractivity contribution in [3.05, 3.63) is 24.2 Å². The zero-order valence-electron chi connectivity index (χ0n) is 8.81. The summed E-state index contributed by atoms with van der Waals surface area (Å²) in [7, 11) is 0. The van der Waals surface area contributed by atoms with Crippen LogP contribution in [-0.4, -0.2) is 12.7 Å². The van der Waals surface area contributed by atoms with Gasteiger partial charge in [-0.2, -0.15) is 13.2 Å². The molecule has 90 valence electrons. The first kappa shape index (κ1) is 11.5. The van der Waals surface area contributed by atoms with E-state index in [1.54, 1.807) is 0 Å². The third-order valence-corrected chi connectivity index (χ3v) is 3.08. The van der Waals surface area contributed by atoms with Crippen LogP contribution in [0.2, 0.25) is 0 Å². The molecule has 1 aliphatic rings. The van der Waals surface area contributed by atoms with Crippen LogP contribution in [0, 0.1) is 0 Å². The van der Waals surface area contributed by atoms with Crippen LogP contribution in [-0.2, 0) is 5.54 Å². The summed E-state index contributed by atoms with van der Waals surface area (Å²) in [4.78, 5) is 0. The molecule has 1 saturated heterocycles. The predicted molar refractivity (Wildman–Crippen MR) is 52.9 cm³/mol. The van der Waals surface area contributed by atoms with Crippen molar-refractivity contribution in [3.63, 3.8) is 0 Å². The molecule has 1 aromatic rings. The maximum Gasteiger partial charge on any atom is 0.413 e. The number of rotatable bonds is 1. The van der Waals surface area contributed by atoms with Crippen molar-refractivity contribution in [1.29, 1.82) is 0 Å². The Morgan fingerprint density at radius 3 is 2.69 bits per heavy atom. The minimum Gasteiger partial charge on any atom is -0.467 e. The highest BCUT2D eigenvalue weighted by molar-refractivity contribution is 5.16. The molecule has 1 aliphatic heterocycles. The smallest absolute Gasteiger partial charge is 0.413 e. The first-order valence-electron chi connectivity index (χ1n) is 5.42. The summed E-state index contributed by atoms with van der Waals surface area (Å²) in [5.74, 6) is -0.0260. The lowest BCUT2D eigenvalue weighted by Crippen LogP contribution is -2.53. The molecule has 1 N–H and O–H groups in total. The van der Waals surface area contributed by atoms with Gasteiger partial charge in [0.2, 0.25) is 0 Å². The average Bonchev–Trinajstić information content (AvgIpc) is 2.61. The molecule has 0 bridgehead atoms. The molecule has 2 nitrogen and oxygen atoms in total. The van der Waals surface area contributed by atoms with E-state index in [1.165, 1.54) is 18.4 Å². The summed E-state index contributed by atoms with van der Waals surface area (Å²) in [5, 5.41) is 2.62. The van der Waals surface area contributed by atoms with Gasteiger partial charge in [0.25, 0.3) is 0 Å². The van der Waals surface area contributed by atoms with E-state index >= 15 is 0 Å². The Morgan fingerprint density at radius 1 is 1.25 bits per heavy atom. The van der Waals surface area contributed by atoms with Crippen molar-refractivity contribution >= 4 is 0 Å². The molecule has 0 aliphatic carbocycles. The van der Waals surface area contributed by atoms with Crippen LogP contribution in [0.3, 0.4) is 0 Å². The standard InChI is InChI=1S/C11H14F3NO/c12-11(13,14)10(9-5-4-8-16-9)6-2-1-3-7-15-10/h4-5,8,15H,1-3,6-7H2. The zero-order valence-corrected chi connectivity index (χ0v) is 8.81. The molecular formula is C11H14F3NO. The van der Waals surface area contributed by atoms with Gasteiger partial charge in [-0.15, -0.1) is 0 Å². The van der Waals surface area contributed by atoms with Gasteiger partial charge in [0.05, 0.1) is 6.26 Å². The van der Waals surface area contributed by atoms with E-state index in [1.807, 2.05) is 0 Å². The number of hydrogen-bond acceptors (Lipinski definition) is 2. The fourth-order valence-electron chi connectivity index (χ4n) is 2.20. The van der Waals surface area contributed by atoms with Crippen LogP contribution in [0.1, 0.15) is 31.4 Å². The molecule has 1 unspecified atom stereocenters.